The summed E-state index contributed by atoms with van der Waals surface area (Å²) >= 11 is 3.39. The minimum Gasteiger partial charge on any atom is -0.280 e. The number of imide groups is 1. The number of piperidine rings is 1. The number of amides is 2. The molecule has 19 heavy (non-hydrogen) atoms. The van der Waals surface area contributed by atoms with E-state index in [1.54, 1.807) is 0 Å². The van der Waals surface area contributed by atoms with E-state index in [4.69, 9.17) is 0 Å². The molecular weight excluding hydrogens is 306 g/mol. The van der Waals surface area contributed by atoms with Crippen LogP contribution in [0.25, 0.3) is 0 Å². The highest BCUT2D eigenvalue weighted by Gasteiger charge is 2.35. The molecule has 0 aliphatic carbocycles. The van der Waals surface area contributed by atoms with Gasteiger partial charge < -0.3 is 0 Å². The average Bonchev–Trinajstić information content (AvgIpc) is 2.38. The zero-order valence-corrected chi connectivity index (χ0v) is 12.8. The third-order valence-corrected chi connectivity index (χ3v) is 4.28. The first kappa shape index (κ1) is 14.3. The summed E-state index contributed by atoms with van der Waals surface area (Å²) in [7, 11) is 0. The fraction of sp³-hybridized carbons (Fsp3) is 0.467. The molecule has 4 heteroatoms. The Kier molecular flexibility index (Phi) is 4.40. The van der Waals surface area contributed by atoms with Gasteiger partial charge in [0.05, 0.1) is 0 Å². The van der Waals surface area contributed by atoms with Crippen molar-refractivity contribution in [1.82, 2.24) is 4.90 Å². The highest BCUT2D eigenvalue weighted by atomic mass is 79.9. The molecular formula is C15H18BrNO2. The lowest BCUT2D eigenvalue weighted by Gasteiger charge is -2.34. The molecule has 1 unspecified atom stereocenters. The van der Waals surface area contributed by atoms with Crippen molar-refractivity contribution in [3.05, 3.63) is 34.3 Å². The number of likely N-dealkylation sites (tertiary alicyclic amines) is 1. The molecule has 1 aliphatic rings. The van der Waals surface area contributed by atoms with Crippen molar-refractivity contribution < 1.29 is 9.59 Å². The van der Waals surface area contributed by atoms with Crippen LogP contribution in [0.3, 0.4) is 0 Å². The van der Waals surface area contributed by atoms with E-state index in [0.29, 0.717) is 12.8 Å². The number of halogens is 1. The lowest BCUT2D eigenvalue weighted by atomic mass is 9.88. The quantitative estimate of drug-likeness (QED) is 0.798. The lowest BCUT2D eigenvalue weighted by molar-refractivity contribution is -0.151. The second-order valence-corrected chi connectivity index (χ2v) is 5.99. The summed E-state index contributed by atoms with van der Waals surface area (Å²) in [5, 5.41) is 0. The monoisotopic (exact) mass is 323 g/mol. The van der Waals surface area contributed by atoms with Gasteiger partial charge in [-0.3, -0.25) is 14.5 Å². The fourth-order valence-corrected chi connectivity index (χ4v) is 2.74. The highest BCUT2D eigenvalue weighted by molar-refractivity contribution is 9.10. The molecule has 2 rings (SSSR count). The zero-order valence-electron chi connectivity index (χ0n) is 11.2. The maximum Gasteiger partial charge on any atom is 0.230 e. The number of hydrogen-bond acceptors (Lipinski definition) is 2. The molecule has 0 saturated carbocycles. The molecule has 1 aromatic rings. The van der Waals surface area contributed by atoms with Gasteiger partial charge in [0.15, 0.2) is 0 Å². The first-order valence-electron chi connectivity index (χ1n) is 6.63. The van der Waals surface area contributed by atoms with Gasteiger partial charge in [0.2, 0.25) is 11.8 Å². The Morgan fingerprint density at radius 3 is 2.21 bits per heavy atom. The Morgan fingerprint density at radius 2 is 1.74 bits per heavy atom. The summed E-state index contributed by atoms with van der Waals surface area (Å²) in [4.78, 5) is 25.7. The first-order chi connectivity index (χ1) is 9.02. The largest absolute Gasteiger partial charge is 0.280 e. The Labute approximate surface area is 122 Å². The molecule has 1 fully saturated rings. The summed E-state index contributed by atoms with van der Waals surface area (Å²) in [5.74, 6) is -0.0644. The van der Waals surface area contributed by atoms with Crippen LogP contribution in [-0.2, 0) is 9.59 Å². The van der Waals surface area contributed by atoms with E-state index in [-0.39, 0.29) is 23.8 Å². The van der Waals surface area contributed by atoms with Crippen LogP contribution in [0.15, 0.2) is 28.7 Å². The molecule has 0 N–H and O–H groups in total. The summed E-state index contributed by atoms with van der Waals surface area (Å²) in [5.41, 5.74) is 1.06. The first-order valence-corrected chi connectivity index (χ1v) is 7.42. The number of hydrogen-bond donors (Lipinski definition) is 0. The average molecular weight is 324 g/mol. The smallest absolute Gasteiger partial charge is 0.230 e. The van der Waals surface area contributed by atoms with Gasteiger partial charge in [0.25, 0.3) is 0 Å². The SMILES string of the molecule is CCC(C)N1C(=O)CC(c2ccc(Br)cc2)CC1=O. The van der Waals surface area contributed by atoms with Gasteiger partial charge in [-0.05, 0) is 31.0 Å². The standard InChI is InChI=1S/C15H18BrNO2/c1-3-10(2)17-14(18)8-12(9-15(17)19)11-4-6-13(16)7-5-11/h4-7,10,12H,3,8-9H2,1-2H3. The predicted octanol–water partition coefficient (Wildman–Crippen LogP) is 3.48. The van der Waals surface area contributed by atoms with Crippen molar-refractivity contribution in [3.8, 4) is 0 Å². The number of carbonyl (C=O) groups is 2. The summed E-state index contributed by atoms with van der Waals surface area (Å²) < 4.78 is 1.01. The highest BCUT2D eigenvalue weighted by Crippen LogP contribution is 2.31. The molecule has 2 amide bonds. The number of nitrogens with zero attached hydrogens (tertiary/aromatic N) is 1. The molecule has 0 radical (unpaired) electrons. The van der Waals surface area contributed by atoms with Crippen LogP contribution in [0.5, 0.6) is 0 Å². The Morgan fingerprint density at radius 1 is 1.21 bits per heavy atom. The molecule has 1 heterocycles. The van der Waals surface area contributed by atoms with Gasteiger partial charge in [-0.1, -0.05) is 35.0 Å². The second kappa shape index (κ2) is 5.87. The topological polar surface area (TPSA) is 37.4 Å². The zero-order chi connectivity index (χ0) is 14.0. The third kappa shape index (κ3) is 3.06. The van der Waals surface area contributed by atoms with E-state index in [1.807, 2.05) is 38.1 Å². The molecule has 1 atom stereocenters. The van der Waals surface area contributed by atoms with E-state index in [1.165, 1.54) is 4.90 Å². The molecule has 0 bridgehead atoms. The van der Waals surface area contributed by atoms with Gasteiger partial charge in [0.1, 0.15) is 0 Å². The molecule has 0 spiro atoms. The van der Waals surface area contributed by atoms with Crippen LogP contribution in [0.1, 0.15) is 44.6 Å². The van der Waals surface area contributed by atoms with E-state index in [0.717, 1.165) is 16.5 Å². The molecule has 102 valence electrons. The fourth-order valence-electron chi connectivity index (χ4n) is 2.47. The van der Waals surface area contributed by atoms with Crippen molar-refractivity contribution >= 4 is 27.7 Å². The minimum absolute atomic E-state index is 0.00543. The van der Waals surface area contributed by atoms with Crippen molar-refractivity contribution in [1.29, 1.82) is 0 Å². The number of rotatable bonds is 3. The van der Waals surface area contributed by atoms with Crippen molar-refractivity contribution in [2.24, 2.45) is 0 Å². The van der Waals surface area contributed by atoms with Crippen LogP contribution < -0.4 is 0 Å². The second-order valence-electron chi connectivity index (χ2n) is 5.07. The Bertz CT molecular complexity index is 465. The number of carbonyl (C=O) groups excluding carboxylic acids is 2. The van der Waals surface area contributed by atoms with E-state index in [2.05, 4.69) is 15.9 Å². The van der Waals surface area contributed by atoms with Gasteiger partial charge in [-0.15, -0.1) is 0 Å². The van der Waals surface area contributed by atoms with Crippen LogP contribution in [-0.4, -0.2) is 22.8 Å². The summed E-state index contributed by atoms with van der Waals surface area (Å²) in [6.07, 6.45) is 1.66. The maximum absolute atomic E-state index is 12.2. The maximum atomic E-state index is 12.2. The van der Waals surface area contributed by atoms with Gasteiger partial charge >= 0.3 is 0 Å². The molecule has 3 nitrogen and oxygen atoms in total. The third-order valence-electron chi connectivity index (χ3n) is 3.75. The van der Waals surface area contributed by atoms with E-state index >= 15 is 0 Å². The van der Waals surface area contributed by atoms with Crippen LogP contribution in [0.4, 0.5) is 0 Å². The van der Waals surface area contributed by atoms with Gasteiger partial charge in [-0.2, -0.15) is 0 Å². The van der Waals surface area contributed by atoms with Crippen LogP contribution in [0, 0.1) is 0 Å². The Hall–Kier alpha value is -1.16. The summed E-state index contributed by atoms with van der Waals surface area (Å²) in [6, 6.07) is 7.87. The van der Waals surface area contributed by atoms with E-state index in [9.17, 15) is 9.59 Å². The van der Waals surface area contributed by atoms with Crippen LogP contribution >= 0.6 is 15.9 Å². The molecule has 1 aromatic carbocycles. The van der Waals surface area contributed by atoms with Crippen molar-refractivity contribution in [3.63, 3.8) is 0 Å². The van der Waals surface area contributed by atoms with Gasteiger partial charge in [0, 0.05) is 29.3 Å². The predicted molar refractivity (Wildman–Crippen MR) is 77.7 cm³/mol. The van der Waals surface area contributed by atoms with Crippen LogP contribution in [0.2, 0.25) is 0 Å². The van der Waals surface area contributed by atoms with E-state index < -0.39 is 0 Å². The van der Waals surface area contributed by atoms with Gasteiger partial charge in [-0.25, -0.2) is 0 Å². The molecule has 1 saturated heterocycles. The lowest BCUT2D eigenvalue weighted by Crippen LogP contribution is -2.47. The summed E-state index contributed by atoms with van der Waals surface area (Å²) in [6.45, 7) is 3.92. The van der Waals surface area contributed by atoms with Crippen molar-refractivity contribution in [2.75, 3.05) is 0 Å². The molecule has 0 aromatic heterocycles. The molecule has 1 aliphatic heterocycles. The van der Waals surface area contributed by atoms with Crippen molar-refractivity contribution in [2.45, 2.75) is 45.1 Å². The minimum atomic E-state index is -0.0430. The number of benzene rings is 1. The Balaban J connectivity index is 2.15. The normalized spacial score (nSPS) is 18.8.